The fourth-order valence-corrected chi connectivity index (χ4v) is 7.71. The van der Waals surface area contributed by atoms with Crippen LogP contribution in [0.4, 0.5) is 34.1 Å². The molecule has 2 nitrogen and oxygen atoms in total. The van der Waals surface area contributed by atoms with Gasteiger partial charge in [-0.2, -0.15) is 0 Å². The second-order valence-corrected chi connectivity index (χ2v) is 14.6. The molecular formula is C58H44N2. The summed E-state index contributed by atoms with van der Waals surface area (Å²) in [6, 6.07) is 90.2. The van der Waals surface area contributed by atoms with E-state index in [1.54, 1.807) is 0 Å². The standard InChI is InChI=1S/C58H44N2/c1-7-19-47(20-8-1)57(43-45-31-39-55(40-32-45)59(51-23-11-3-12-24-51)52-25-13-4-14-26-52)49-35-37-50(38-36-49)58(48-21-9-2-10-22-48)44-46-33-41-56(42-34-46)60(53-27-15-5-16-28-53)54-29-17-6-18-30-54/h1-44H/b57-43+,58-44+. The summed E-state index contributed by atoms with van der Waals surface area (Å²) in [5.41, 5.74) is 15.9. The van der Waals surface area contributed by atoms with E-state index >= 15 is 0 Å². The molecule has 0 amide bonds. The second kappa shape index (κ2) is 18.1. The quantitative estimate of drug-likeness (QED) is 0.114. The third-order valence-electron chi connectivity index (χ3n) is 10.7. The Morgan fingerprint density at radius 2 is 0.433 bits per heavy atom. The molecule has 0 unspecified atom stereocenters. The Balaban J connectivity index is 1.04. The highest BCUT2D eigenvalue weighted by atomic mass is 15.1. The molecule has 0 bridgehead atoms. The average Bonchev–Trinajstić information content (AvgIpc) is 3.33. The Morgan fingerprint density at radius 3 is 0.700 bits per heavy atom. The molecule has 9 aromatic rings. The van der Waals surface area contributed by atoms with Crippen LogP contribution in [-0.4, -0.2) is 0 Å². The van der Waals surface area contributed by atoms with E-state index in [9.17, 15) is 0 Å². The highest BCUT2D eigenvalue weighted by Crippen LogP contribution is 2.37. The summed E-state index contributed by atoms with van der Waals surface area (Å²) in [5, 5.41) is 0. The van der Waals surface area contributed by atoms with Gasteiger partial charge in [0.15, 0.2) is 0 Å². The van der Waals surface area contributed by atoms with Gasteiger partial charge in [0.25, 0.3) is 0 Å². The minimum atomic E-state index is 1.11. The van der Waals surface area contributed by atoms with Crippen molar-refractivity contribution < 1.29 is 0 Å². The van der Waals surface area contributed by atoms with Crippen LogP contribution in [-0.2, 0) is 0 Å². The van der Waals surface area contributed by atoms with Crippen LogP contribution in [0.2, 0.25) is 0 Å². The number of para-hydroxylation sites is 4. The summed E-state index contributed by atoms with van der Waals surface area (Å²) < 4.78 is 0. The molecule has 0 spiro atoms. The lowest BCUT2D eigenvalue weighted by Gasteiger charge is -2.25. The van der Waals surface area contributed by atoms with Gasteiger partial charge in [0.2, 0.25) is 0 Å². The molecule has 0 N–H and O–H groups in total. The van der Waals surface area contributed by atoms with Crippen molar-refractivity contribution in [3.05, 3.63) is 288 Å². The molecule has 9 aromatic carbocycles. The molecule has 2 heteroatoms. The van der Waals surface area contributed by atoms with E-state index in [0.29, 0.717) is 0 Å². The van der Waals surface area contributed by atoms with Crippen molar-refractivity contribution in [3.8, 4) is 0 Å². The number of benzene rings is 9. The lowest BCUT2D eigenvalue weighted by molar-refractivity contribution is 1.28. The molecule has 9 rings (SSSR count). The highest BCUT2D eigenvalue weighted by molar-refractivity contribution is 5.95. The molecule has 0 atom stereocenters. The van der Waals surface area contributed by atoms with Crippen LogP contribution in [0.15, 0.2) is 255 Å². The van der Waals surface area contributed by atoms with Gasteiger partial charge in [-0.05, 0) is 129 Å². The van der Waals surface area contributed by atoms with Crippen molar-refractivity contribution in [2.75, 3.05) is 9.80 Å². The van der Waals surface area contributed by atoms with Gasteiger partial charge in [-0.15, -0.1) is 0 Å². The van der Waals surface area contributed by atoms with Crippen LogP contribution in [0.3, 0.4) is 0 Å². The SMILES string of the molecule is C(=C(/c1ccccc1)c1ccc(/C(=C/c2ccc(N(c3ccccc3)c3ccccc3)cc2)c2ccccc2)cc1)/c1ccc(N(c2ccccc2)c2ccccc2)cc1. The van der Waals surface area contributed by atoms with Crippen molar-refractivity contribution in [1.82, 2.24) is 0 Å². The van der Waals surface area contributed by atoms with Crippen molar-refractivity contribution in [1.29, 1.82) is 0 Å². The number of nitrogens with zero attached hydrogens (tertiary/aromatic N) is 2. The lowest BCUT2D eigenvalue weighted by atomic mass is 9.91. The first kappa shape index (κ1) is 37.6. The summed E-state index contributed by atoms with van der Waals surface area (Å²) in [6.07, 6.45) is 4.60. The third kappa shape index (κ3) is 8.64. The van der Waals surface area contributed by atoms with Crippen LogP contribution in [0.1, 0.15) is 33.4 Å². The molecule has 0 fully saturated rings. The molecule has 0 aliphatic rings. The summed E-state index contributed by atoms with van der Waals surface area (Å²) in [5.74, 6) is 0. The van der Waals surface area contributed by atoms with Crippen molar-refractivity contribution in [3.63, 3.8) is 0 Å². The van der Waals surface area contributed by atoms with Gasteiger partial charge in [-0.3, -0.25) is 0 Å². The van der Waals surface area contributed by atoms with Gasteiger partial charge < -0.3 is 9.80 Å². The summed E-state index contributed by atoms with van der Waals surface area (Å²) >= 11 is 0. The van der Waals surface area contributed by atoms with Crippen LogP contribution in [0, 0.1) is 0 Å². The first-order chi connectivity index (χ1) is 29.8. The molecule has 0 aliphatic heterocycles. The van der Waals surface area contributed by atoms with Crippen LogP contribution in [0.5, 0.6) is 0 Å². The predicted octanol–water partition coefficient (Wildman–Crippen LogP) is 15.8. The minimum Gasteiger partial charge on any atom is -0.311 e. The van der Waals surface area contributed by atoms with Gasteiger partial charge in [0.05, 0.1) is 0 Å². The van der Waals surface area contributed by atoms with E-state index in [1.165, 1.54) is 22.3 Å². The maximum absolute atomic E-state index is 2.30. The van der Waals surface area contributed by atoms with Gasteiger partial charge in [-0.25, -0.2) is 0 Å². The Bertz CT molecular complexity index is 2500. The molecular weight excluding hydrogens is 725 g/mol. The van der Waals surface area contributed by atoms with Crippen molar-refractivity contribution >= 4 is 57.4 Å². The largest absolute Gasteiger partial charge is 0.311 e. The molecule has 286 valence electrons. The van der Waals surface area contributed by atoms with Crippen LogP contribution < -0.4 is 9.80 Å². The predicted molar refractivity (Wildman–Crippen MR) is 256 cm³/mol. The molecule has 0 heterocycles. The smallest absolute Gasteiger partial charge is 0.0462 e. The maximum atomic E-state index is 2.30. The van der Waals surface area contributed by atoms with Crippen molar-refractivity contribution in [2.45, 2.75) is 0 Å². The molecule has 0 saturated heterocycles. The second-order valence-electron chi connectivity index (χ2n) is 14.6. The first-order valence-corrected chi connectivity index (χ1v) is 20.4. The minimum absolute atomic E-state index is 1.11. The number of hydrogen-bond donors (Lipinski definition) is 0. The van der Waals surface area contributed by atoms with Crippen LogP contribution >= 0.6 is 0 Å². The molecule has 0 radical (unpaired) electrons. The number of anilines is 6. The van der Waals surface area contributed by atoms with E-state index in [1.807, 2.05) is 0 Å². The van der Waals surface area contributed by atoms with E-state index in [0.717, 1.165) is 56.4 Å². The Labute approximate surface area is 353 Å². The monoisotopic (exact) mass is 768 g/mol. The van der Waals surface area contributed by atoms with Crippen LogP contribution in [0.25, 0.3) is 23.3 Å². The topological polar surface area (TPSA) is 6.48 Å². The summed E-state index contributed by atoms with van der Waals surface area (Å²) in [6.45, 7) is 0. The summed E-state index contributed by atoms with van der Waals surface area (Å²) in [7, 11) is 0. The van der Waals surface area contributed by atoms with Gasteiger partial charge in [0.1, 0.15) is 0 Å². The first-order valence-electron chi connectivity index (χ1n) is 20.4. The van der Waals surface area contributed by atoms with E-state index in [-0.39, 0.29) is 0 Å². The summed E-state index contributed by atoms with van der Waals surface area (Å²) in [4.78, 5) is 4.58. The molecule has 0 aromatic heterocycles. The Morgan fingerprint density at radius 1 is 0.217 bits per heavy atom. The zero-order valence-electron chi connectivity index (χ0n) is 33.3. The van der Waals surface area contributed by atoms with E-state index < -0.39 is 0 Å². The normalized spacial score (nSPS) is 11.5. The number of hydrogen-bond acceptors (Lipinski definition) is 2. The van der Waals surface area contributed by atoms with Gasteiger partial charge in [-0.1, -0.05) is 182 Å². The zero-order chi connectivity index (χ0) is 40.4. The third-order valence-corrected chi connectivity index (χ3v) is 10.7. The molecule has 60 heavy (non-hydrogen) atoms. The fourth-order valence-electron chi connectivity index (χ4n) is 7.71. The van der Waals surface area contributed by atoms with Gasteiger partial charge in [0, 0.05) is 34.1 Å². The fraction of sp³-hybridized carbons (Fsp3) is 0. The maximum Gasteiger partial charge on any atom is 0.0462 e. The average molecular weight is 769 g/mol. The molecule has 0 saturated carbocycles. The highest BCUT2D eigenvalue weighted by Gasteiger charge is 2.15. The number of rotatable bonds is 12. The van der Waals surface area contributed by atoms with E-state index in [2.05, 4.69) is 277 Å². The zero-order valence-corrected chi connectivity index (χ0v) is 33.3. The van der Waals surface area contributed by atoms with Gasteiger partial charge >= 0.3 is 0 Å². The lowest BCUT2D eigenvalue weighted by Crippen LogP contribution is -2.09. The Kier molecular flexibility index (Phi) is 11.4. The Hall–Kier alpha value is -7.94. The van der Waals surface area contributed by atoms with Crippen molar-refractivity contribution in [2.24, 2.45) is 0 Å². The molecule has 0 aliphatic carbocycles. The van der Waals surface area contributed by atoms with E-state index in [4.69, 9.17) is 0 Å².